The monoisotopic (exact) mass is 426 g/mol. The first-order valence-corrected chi connectivity index (χ1v) is 10.4. The lowest BCUT2D eigenvalue weighted by atomic mass is 10.1. The zero-order valence-corrected chi connectivity index (χ0v) is 17.8. The highest BCUT2D eigenvalue weighted by Crippen LogP contribution is 2.34. The van der Waals surface area contributed by atoms with Crippen molar-refractivity contribution in [2.45, 2.75) is 27.2 Å². The van der Waals surface area contributed by atoms with E-state index in [4.69, 9.17) is 9.47 Å². The van der Waals surface area contributed by atoms with Crippen molar-refractivity contribution in [3.05, 3.63) is 58.1 Å². The van der Waals surface area contributed by atoms with E-state index in [1.807, 2.05) is 32.0 Å². The molecule has 1 N–H and O–H groups in total. The number of carbonyl (C=O) groups is 3. The van der Waals surface area contributed by atoms with E-state index >= 15 is 0 Å². The molecule has 0 spiro atoms. The maximum absolute atomic E-state index is 12.3. The molecule has 0 atom stereocenters. The molecule has 0 bridgehead atoms. The summed E-state index contributed by atoms with van der Waals surface area (Å²) in [6.07, 6.45) is 0.634. The maximum atomic E-state index is 12.3. The fourth-order valence-electron chi connectivity index (χ4n) is 3.06. The predicted molar refractivity (Wildman–Crippen MR) is 115 cm³/mol. The van der Waals surface area contributed by atoms with Crippen LogP contribution in [0.5, 0.6) is 0 Å². The van der Waals surface area contributed by atoms with Gasteiger partial charge < -0.3 is 14.8 Å². The van der Waals surface area contributed by atoms with E-state index in [0.717, 1.165) is 15.8 Å². The lowest BCUT2D eigenvalue weighted by Gasteiger charge is -2.08. The molecule has 0 unspecified atom stereocenters. The lowest BCUT2D eigenvalue weighted by molar-refractivity contribution is -0.119. The van der Waals surface area contributed by atoms with Crippen molar-refractivity contribution < 1.29 is 23.9 Å². The minimum Gasteiger partial charge on any atom is -0.462 e. The first-order valence-electron chi connectivity index (χ1n) is 9.56. The molecule has 8 heteroatoms. The Labute approximate surface area is 178 Å². The Bertz CT molecular complexity index is 1110. The van der Waals surface area contributed by atoms with Gasteiger partial charge in [-0.15, -0.1) is 11.3 Å². The number of amides is 1. The van der Waals surface area contributed by atoms with Crippen molar-refractivity contribution in [2.75, 3.05) is 18.5 Å². The number of nitrogens with one attached hydrogen (secondary N) is 1. The number of benzene rings is 1. The summed E-state index contributed by atoms with van der Waals surface area (Å²) in [4.78, 5) is 42.1. The van der Waals surface area contributed by atoms with Crippen LogP contribution in [0.25, 0.3) is 10.9 Å². The molecule has 1 aromatic carbocycles. The Kier molecular flexibility index (Phi) is 6.79. The highest BCUT2D eigenvalue weighted by Gasteiger charge is 2.24. The minimum absolute atomic E-state index is 0.119. The number of fused-ring (bicyclic) bond motifs is 1. The van der Waals surface area contributed by atoms with Crippen LogP contribution >= 0.6 is 11.3 Å². The third kappa shape index (κ3) is 4.65. The van der Waals surface area contributed by atoms with Crippen LogP contribution < -0.4 is 5.32 Å². The van der Waals surface area contributed by atoms with Gasteiger partial charge in [-0.05, 0) is 38.0 Å². The third-order valence-electron chi connectivity index (χ3n) is 4.44. The predicted octanol–water partition coefficient (Wildman–Crippen LogP) is 4.14. The standard InChI is InChI=1S/C22H22N2O5S/c1-4-15-13(3)30-20(19(15)22(27)28-5-2)24-18(25)12-29-21(26)17-11-10-14-8-6-7-9-16(14)23-17/h6-11H,4-5,12H2,1-3H3,(H,24,25). The molecule has 0 aliphatic carbocycles. The number of anilines is 1. The number of esters is 2. The maximum Gasteiger partial charge on any atom is 0.357 e. The topological polar surface area (TPSA) is 94.6 Å². The Morgan fingerprint density at radius 2 is 1.80 bits per heavy atom. The summed E-state index contributed by atoms with van der Waals surface area (Å²) in [5.74, 6) is -1.72. The number of aromatic nitrogens is 1. The Hall–Kier alpha value is -3.26. The summed E-state index contributed by atoms with van der Waals surface area (Å²) in [6, 6.07) is 10.7. The summed E-state index contributed by atoms with van der Waals surface area (Å²) in [7, 11) is 0. The number of carbonyl (C=O) groups excluding carboxylic acids is 3. The quantitative estimate of drug-likeness (QED) is 0.571. The van der Waals surface area contributed by atoms with E-state index in [1.54, 1.807) is 25.1 Å². The summed E-state index contributed by atoms with van der Waals surface area (Å²) < 4.78 is 10.2. The van der Waals surface area contributed by atoms with E-state index in [9.17, 15) is 14.4 Å². The van der Waals surface area contributed by atoms with Crippen LogP contribution in [-0.2, 0) is 20.7 Å². The van der Waals surface area contributed by atoms with Gasteiger partial charge >= 0.3 is 11.9 Å². The summed E-state index contributed by atoms with van der Waals surface area (Å²) in [5, 5.41) is 3.96. The second kappa shape index (κ2) is 9.49. The molecule has 0 radical (unpaired) electrons. The van der Waals surface area contributed by atoms with Crippen LogP contribution in [0.4, 0.5) is 5.00 Å². The van der Waals surface area contributed by atoms with Gasteiger partial charge in [0.25, 0.3) is 5.91 Å². The van der Waals surface area contributed by atoms with Crippen molar-refractivity contribution in [3.63, 3.8) is 0 Å². The lowest BCUT2D eigenvalue weighted by Crippen LogP contribution is -2.22. The zero-order chi connectivity index (χ0) is 21.7. The first-order chi connectivity index (χ1) is 14.4. The molecular weight excluding hydrogens is 404 g/mol. The Balaban J connectivity index is 1.68. The van der Waals surface area contributed by atoms with Gasteiger partial charge in [0.1, 0.15) is 10.7 Å². The van der Waals surface area contributed by atoms with Gasteiger partial charge in [-0.1, -0.05) is 31.2 Å². The number of thiophene rings is 1. The molecule has 156 valence electrons. The second-order valence-corrected chi connectivity index (χ2v) is 7.65. The SMILES string of the molecule is CCOC(=O)c1c(NC(=O)COC(=O)c2ccc3ccccc3n2)sc(C)c1CC. The summed E-state index contributed by atoms with van der Waals surface area (Å²) in [5.41, 5.74) is 1.98. The van der Waals surface area contributed by atoms with Gasteiger partial charge in [-0.3, -0.25) is 4.79 Å². The molecule has 2 heterocycles. The molecule has 0 aliphatic rings. The van der Waals surface area contributed by atoms with E-state index in [-0.39, 0.29) is 12.3 Å². The van der Waals surface area contributed by atoms with E-state index < -0.39 is 24.5 Å². The number of pyridine rings is 1. The molecule has 0 aliphatic heterocycles. The molecule has 30 heavy (non-hydrogen) atoms. The van der Waals surface area contributed by atoms with Gasteiger partial charge in [-0.25, -0.2) is 14.6 Å². The molecular formula is C22H22N2O5S. The number of aryl methyl sites for hydroxylation is 1. The first kappa shape index (κ1) is 21.4. The van der Waals surface area contributed by atoms with Crippen LogP contribution in [-0.4, -0.2) is 36.0 Å². The second-order valence-electron chi connectivity index (χ2n) is 6.43. The number of hydrogen-bond acceptors (Lipinski definition) is 7. The summed E-state index contributed by atoms with van der Waals surface area (Å²) in [6.45, 7) is 5.28. The molecule has 1 amide bonds. The van der Waals surface area contributed by atoms with Crippen molar-refractivity contribution in [1.82, 2.24) is 4.98 Å². The molecule has 0 fully saturated rings. The fraction of sp³-hybridized carbons (Fsp3) is 0.273. The number of ether oxygens (including phenoxy) is 2. The molecule has 3 aromatic rings. The highest BCUT2D eigenvalue weighted by atomic mass is 32.1. The van der Waals surface area contributed by atoms with Gasteiger partial charge in [0.15, 0.2) is 6.61 Å². The van der Waals surface area contributed by atoms with Crippen molar-refractivity contribution in [2.24, 2.45) is 0 Å². The molecule has 0 saturated heterocycles. The normalized spacial score (nSPS) is 10.6. The largest absolute Gasteiger partial charge is 0.462 e. The number of rotatable bonds is 7. The summed E-state index contributed by atoms with van der Waals surface area (Å²) >= 11 is 1.29. The fourth-order valence-corrected chi connectivity index (χ4v) is 4.21. The van der Waals surface area contributed by atoms with Crippen molar-refractivity contribution in [1.29, 1.82) is 0 Å². The smallest absolute Gasteiger partial charge is 0.357 e. The minimum atomic E-state index is -0.696. The van der Waals surface area contributed by atoms with Gasteiger partial charge in [-0.2, -0.15) is 0 Å². The van der Waals surface area contributed by atoms with E-state index in [1.165, 1.54) is 11.3 Å². The van der Waals surface area contributed by atoms with Crippen LogP contribution in [0.1, 0.15) is 45.1 Å². The molecule has 2 aromatic heterocycles. The van der Waals surface area contributed by atoms with Crippen molar-refractivity contribution in [3.8, 4) is 0 Å². The zero-order valence-electron chi connectivity index (χ0n) is 17.0. The number of para-hydroxylation sites is 1. The average molecular weight is 426 g/mol. The number of nitrogens with zero attached hydrogens (tertiary/aromatic N) is 1. The van der Waals surface area contributed by atoms with Crippen LogP contribution in [0.15, 0.2) is 36.4 Å². The molecule has 0 saturated carbocycles. The van der Waals surface area contributed by atoms with E-state index in [2.05, 4.69) is 10.3 Å². The van der Waals surface area contributed by atoms with E-state index in [0.29, 0.717) is 22.5 Å². The molecule has 7 nitrogen and oxygen atoms in total. The van der Waals surface area contributed by atoms with Gasteiger partial charge in [0.05, 0.1) is 17.7 Å². The third-order valence-corrected chi connectivity index (χ3v) is 5.50. The van der Waals surface area contributed by atoms with Crippen LogP contribution in [0.2, 0.25) is 0 Å². The molecule has 3 rings (SSSR count). The Morgan fingerprint density at radius 3 is 2.53 bits per heavy atom. The van der Waals surface area contributed by atoms with Gasteiger partial charge in [0.2, 0.25) is 0 Å². The average Bonchev–Trinajstić information content (AvgIpc) is 3.06. The van der Waals surface area contributed by atoms with Crippen molar-refractivity contribution >= 4 is 45.1 Å². The van der Waals surface area contributed by atoms with Crippen LogP contribution in [0.3, 0.4) is 0 Å². The highest BCUT2D eigenvalue weighted by molar-refractivity contribution is 7.16. The Morgan fingerprint density at radius 1 is 1.03 bits per heavy atom. The van der Waals surface area contributed by atoms with Crippen LogP contribution in [0, 0.1) is 6.92 Å². The number of hydrogen-bond donors (Lipinski definition) is 1. The van der Waals surface area contributed by atoms with Gasteiger partial charge in [0, 0.05) is 10.3 Å².